The van der Waals surface area contributed by atoms with Gasteiger partial charge in [0.15, 0.2) is 0 Å². The maximum Gasteiger partial charge on any atom is 0.379 e. The van der Waals surface area contributed by atoms with E-state index in [4.69, 9.17) is 0 Å². The molecule has 0 unspecified atom stereocenters. The molecule has 0 aliphatic carbocycles. The summed E-state index contributed by atoms with van der Waals surface area (Å²) in [4.78, 5) is 22.7. The first kappa shape index (κ1) is 11.4. The monoisotopic (exact) mass is 206 g/mol. The van der Waals surface area contributed by atoms with Crippen LogP contribution in [0, 0.1) is 20.8 Å². The quantitative estimate of drug-likeness (QED) is 0.422. The van der Waals surface area contributed by atoms with Crippen LogP contribution in [-0.4, -0.2) is 18.9 Å². The Morgan fingerprint density at radius 3 is 2.07 bits per heavy atom. The highest BCUT2D eigenvalue weighted by molar-refractivity contribution is 6.41. The normalized spacial score (nSPS) is 9.87. The lowest BCUT2D eigenvalue weighted by Gasteiger charge is -2.07. The number of esters is 1. The van der Waals surface area contributed by atoms with Gasteiger partial charge < -0.3 is 4.74 Å². The van der Waals surface area contributed by atoms with E-state index in [1.807, 2.05) is 26.8 Å². The van der Waals surface area contributed by atoms with Gasteiger partial charge in [0.2, 0.25) is 0 Å². The van der Waals surface area contributed by atoms with Crippen molar-refractivity contribution in [2.75, 3.05) is 7.11 Å². The molecule has 0 aromatic heterocycles. The number of carbonyl (C=O) groups excluding carboxylic acids is 2. The number of benzene rings is 1. The molecule has 0 radical (unpaired) electrons. The second kappa shape index (κ2) is 4.26. The van der Waals surface area contributed by atoms with Gasteiger partial charge in [-0.15, -0.1) is 0 Å². The van der Waals surface area contributed by atoms with Gasteiger partial charge in [0, 0.05) is 5.56 Å². The Morgan fingerprint density at radius 1 is 1.00 bits per heavy atom. The summed E-state index contributed by atoms with van der Waals surface area (Å²) in [7, 11) is 1.20. The van der Waals surface area contributed by atoms with Gasteiger partial charge in [-0.3, -0.25) is 4.79 Å². The number of ether oxygens (including phenoxy) is 1. The molecule has 0 bridgehead atoms. The van der Waals surface area contributed by atoms with Crippen LogP contribution in [0.25, 0.3) is 0 Å². The van der Waals surface area contributed by atoms with E-state index >= 15 is 0 Å². The van der Waals surface area contributed by atoms with Crippen molar-refractivity contribution >= 4 is 11.8 Å². The Kier molecular flexibility index (Phi) is 3.24. The molecule has 0 aliphatic rings. The number of methoxy groups -OCH3 is 1. The number of ketones is 1. The van der Waals surface area contributed by atoms with Gasteiger partial charge in [0.1, 0.15) is 0 Å². The predicted molar refractivity (Wildman–Crippen MR) is 57.0 cm³/mol. The van der Waals surface area contributed by atoms with Crippen LogP contribution in [0.4, 0.5) is 0 Å². The third kappa shape index (κ3) is 2.24. The fraction of sp³-hybridized carbons (Fsp3) is 0.333. The lowest BCUT2D eigenvalue weighted by molar-refractivity contribution is -0.135. The summed E-state index contributed by atoms with van der Waals surface area (Å²) in [5.74, 6) is -1.40. The molecular weight excluding hydrogens is 192 g/mol. The highest BCUT2D eigenvalue weighted by Crippen LogP contribution is 2.16. The molecule has 0 spiro atoms. The van der Waals surface area contributed by atoms with Crippen LogP contribution < -0.4 is 0 Å². The maximum absolute atomic E-state index is 11.6. The second-order valence-electron chi connectivity index (χ2n) is 3.57. The van der Waals surface area contributed by atoms with Crippen LogP contribution in [-0.2, 0) is 9.53 Å². The summed E-state index contributed by atoms with van der Waals surface area (Å²) in [6.45, 7) is 5.68. The molecule has 80 valence electrons. The summed E-state index contributed by atoms with van der Waals surface area (Å²) >= 11 is 0. The van der Waals surface area contributed by atoms with Gasteiger partial charge in [0.05, 0.1) is 7.11 Å². The van der Waals surface area contributed by atoms with E-state index in [1.165, 1.54) is 7.11 Å². The average molecular weight is 206 g/mol. The Labute approximate surface area is 89.1 Å². The number of carbonyl (C=O) groups is 2. The molecule has 1 aromatic rings. The molecule has 0 aliphatic heterocycles. The van der Waals surface area contributed by atoms with Crippen molar-refractivity contribution in [1.29, 1.82) is 0 Å². The third-order valence-corrected chi connectivity index (χ3v) is 2.46. The van der Waals surface area contributed by atoms with Crippen LogP contribution >= 0.6 is 0 Å². The molecule has 1 aromatic carbocycles. The summed E-state index contributed by atoms with van der Waals surface area (Å²) in [6, 6.07) is 3.62. The fourth-order valence-corrected chi connectivity index (χ4v) is 1.41. The van der Waals surface area contributed by atoms with Gasteiger partial charge in [-0.2, -0.15) is 0 Å². The smallest absolute Gasteiger partial charge is 0.379 e. The molecule has 3 heteroatoms. The number of hydrogen-bond donors (Lipinski definition) is 0. The second-order valence-corrected chi connectivity index (χ2v) is 3.57. The van der Waals surface area contributed by atoms with Crippen molar-refractivity contribution in [3.8, 4) is 0 Å². The summed E-state index contributed by atoms with van der Waals surface area (Å²) < 4.78 is 4.40. The molecule has 0 atom stereocenters. The van der Waals surface area contributed by atoms with E-state index < -0.39 is 11.8 Å². The molecule has 0 N–H and O–H groups in total. The van der Waals surface area contributed by atoms with E-state index in [-0.39, 0.29) is 0 Å². The topological polar surface area (TPSA) is 43.4 Å². The molecule has 0 saturated heterocycles. The zero-order valence-electron chi connectivity index (χ0n) is 9.38. The first-order chi connectivity index (χ1) is 6.97. The third-order valence-electron chi connectivity index (χ3n) is 2.46. The molecular formula is C12H14O3. The maximum atomic E-state index is 11.6. The van der Waals surface area contributed by atoms with Crippen molar-refractivity contribution in [3.05, 3.63) is 34.4 Å². The summed E-state index contributed by atoms with van der Waals surface area (Å²) in [5, 5.41) is 0. The first-order valence-corrected chi connectivity index (χ1v) is 4.68. The molecule has 0 fully saturated rings. The first-order valence-electron chi connectivity index (χ1n) is 4.68. The zero-order chi connectivity index (χ0) is 11.6. The van der Waals surface area contributed by atoms with Gasteiger partial charge in [0.25, 0.3) is 5.78 Å². The largest absolute Gasteiger partial charge is 0.463 e. The molecule has 3 nitrogen and oxygen atoms in total. The minimum atomic E-state index is -0.818. The summed E-state index contributed by atoms with van der Waals surface area (Å²) in [5.41, 5.74) is 3.32. The highest BCUT2D eigenvalue weighted by atomic mass is 16.5. The number of Topliss-reactive ketones (excluding diaryl/α,β-unsaturated/α-hetero) is 1. The predicted octanol–water partition coefficient (Wildman–Crippen LogP) is 1.97. The van der Waals surface area contributed by atoms with Crippen molar-refractivity contribution in [1.82, 2.24) is 0 Å². The number of rotatable bonds is 2. The molecule has 0 saturated carbocycles. The van der Waals surface area contributed by atoms with Crippen molar-refractivity contribution in [3.63, 3.8) is 0 Å². The minimum Gasteiger partial charge on any atom is -0.463 e. The van der Waals surface area contributed by atoms with Gasteiger partial charge in [-0.1, -0.05) is 6.07 Å². The highest BCUT2D eigenvalue weighted by Gasteiger charge is 2.19. The van der Waals surface area contributed by atoms with E-state index in [0.29, 0.717) is 5.56 Å². The Hall–Kier alpha value is -1.64. The fourth-order valence-electron chi connectivity index (χ4n) is 1.41. The lowest BCUT2D eigenvalue weighted by atomic mass is 9.98. The summed E-state index contributed by atoms with van der Waals surface area (Å²) in [6.07, 6.45) is 0. The van der Waals surface area contributed by atoms with E-state index in [2.05, 4.69) is 4.74 Å². The van der Waals surface area contributed by atoms with Crippen molar-refractivity contribution < 1.29 is 14.3 Å². The average Bonchev–Trinajstić information content (AvgIpc) is 2.21. The van der Waals surface area contributed by atoms with E-state index in [1.54, 1.807) is 6.07 Å². The van der Waals surface area contributed by atoms with Gasteiger partial charge in [-0.05, 0) is 43.5 Å². The molecule has 0 heterocycles. The van der Waals surface area contributed by atoms with Crippen LogP contribution in [0.15, 0.2) is 12.1 Å². The van der Waals surface area contributed by atoms with E-state index in [0.717, 1.165) is 16.7 Å². The molecule has 0 amide bonds. The van der Waals surface area contributed by atoms with Crippen LogP contribution in [0.1, 0.15) is 27.0 Å². The minimum absolute atomic E-state index is 0.421. The lowest BCUT2D eigenvalue weighted by Crippen LogP contribution is -2.17. The molecule has 15 heavy (non-hydrogen) atoms. The standard InChI is InChI=1S/C12H14O3/c1-7-5-9(3)10(6-8(7)2)11(13)12(14)15-4/h5-6H,1-4H3. The van der Waals surface area contributed by atoms with Gasteiger partial charge in [-0.25, -0.2) is 4.79 Å². The number of hydrogen-bond acceptors (Lipinski definition) is 3. The molecule has 1 rings (SSSR count). The van der Waals surface area contributed by atoms with Crippen molar-refractivity contribution in [2.45, 2.75) is 20.8 Å². The Bertz CT molecular complexity index is 419. The Balaban J connectivity index is 3.21. The van der Waals surface area contributed by atoms with Crippen LogP contribution in [0.5, 0.6) is 0 Å². The van der Waals surface area contributed by atoms with E-state index in [9.17, 15) is 9.59 Å². The Morgan fingerprint density at radius 2 is 1.53 bits per heavy atom. The van der Waals surface area contributed by atoms with Crippen LogP contribution in [0.3, 0.4) is 0 Å². The van der Waals surface area contributed by atoms with Crippen molar-refractivity contribution in [2.24, 2.45) is 0 Å². The van der Waals surface area contributed by atoms with Gasteiger partial charge >= 0.3 is 5.97 Å². The number of aryl methyl sites for hydroxylation is 3. The van der Waals surface area contributed by atoms with Crippen LogP contribution in [0.2, 0.25) is 0 Å². The zero-order valence-corrected chi connectivity index (χ0v) is 9.38. The SMILES string of the molecule is COC(=O)C(=O)c1cc(C)c(C)cc1C.